The monoisotopic (exact) mass is 399 g/mol. The zero-order valence-electron chi connectivity index (χ0n) is 14.6. The first-order chi connectivity index (χ1) is 12.8. The molecule has 7 heteroatoms. The molecule has 0 atom stereocenters. The Balaban J connectivity index is 0.00000180. The molecular weight excluding hydrogens is 381 g/mol. The van der Waals surface area contributed by atoms with Gasteiger partial charge in [-0.15, -0.1) is 12.4 Å². The summed E-state index contributed by atoms with van der Waals surface area (Å²) in [5.41, 5.74) is 4.28. The molecule has 0 unspecified atom stereocenters. The van der Waals surface area contributed by atoms with E-state index >= 15 is 0 Å². The number of nitrogens with zero attached hydrogens (tertiary/aromatic N) is 4. The Bertz CT molecular complexity index is 1090. The van der Waals surface area contributed by atoms with Gasteiger partial charge in [-0.3, -0.25) is 0 Å². The molecule has 1 fully saturated rings. The largest absolute Gasteiger partial charge is 0.368 e. The first-order valence-electron chi connectivity index (χ1n) is 8.76. The lowest BCUT2D eigenvalue weighted by atomic mass is 10.2. The zero-order valence-corrected chi connectivity index (χ0v) is 16.2. The normalized spacial score (nSPS) is 14.6. The van der Waals surface area contributed by atoms with Crippen molar-refractivity contribution in [2.24, 2.45) is 0 Å². The second-order valence-electron chi connectivity index (χ2n) is 6.55. The molecule has 0 bridgehead atoms. The van der Waals surface area contributed by atoms with Gasteiger partial charge in [-0.05, 0) is 24.3 Å². The van der Waals surface area contributed by atoms with E-state index < -0.39 is 0 Å². The molecule has 1 aliphatic rings. The maximum absolute atomic E-state index is 6.13. The highest BCUT2D eigenvalue weighted by Crippen LogP contribution is 2.30. The van der Waals surface area contributed by atoms with Gasteiger partial charge in [-0.25, -0.2) is 9.97 Å². The van der Waals surface area contributed by atoms with Crippen molar-refractivity contribution < 1.29 is 0 Å². The highest BCUT2D eigenvalue weighted by molar-refractivity contribution is 6.30. The van der Waals surface area contributed by atoms with Crippen LogP contribution in [0.5, 0.6) is 0 Å². The van der Waals surface area contributed by atoms with Crippen LogP contribution in [-0.4, -0.2) is 41.1 Å². The number of hydrogen-bond acceptors (Lipinski definition) is 4. The van der Waals surface area contributed by atoms with E-state index in [2.05, 4.69) is 43.0 Å². The average Bonchev–Trinajstić information content (AvgIpc) is 3.07. The van der Waals surface area contributed by atoms with Crippen molar-refractivity contribution in [1.29, 1.82) is 0 Å². The fourth-order valence-corrected chi connectivity index (χ4v) is 3.90. The van der Waals surface area contributed by atoms with Gasteiger partial charge in [0.25, 0.3) is 0 Å². The number of aromatic nitrogens is 3. The minimum Gasteiger partial charge on any atom is -0.368 e. The molecule has 5 rings (SSSR count). The third-order valence-electron chi connectivity index (χ3n) is 5.02. The molecule has 5 nitrogen and oxygen atoms in total. The molecule has 1 aliphatic heterocycles. The highest BCUT2D eigenvalue weighted by atomic mass is 35.5. The molecule has 2 aromatic heterocycles. The number of aromatic amines is 1. The molecule has 27 heavy (non-hydrogen) atoms. The van der Waals surface area contributed by atoms with Crippen LogP contribution in [0.3, 0.4) is 0 Å². The number of para-hydroxylation sites is 1. The predicted octanol–water partition coefficient (Wildman–Crippen LogP) is 4.51. The lowest BCUT2D eigenvalue weighted by Gasteiger charge is -2.36. The number of halogens is 2. The van der Waals surface area contributed by atoms with Crippen molar-refractivity contribution in [3.63, 3.8) is 0 Å². The Morgan fingerprint density at radius 1 is 0.889 bits per heavy atom. The fourth-order valence-electron chi connectivity index (χ4n) is 3.72. The van der Waals surface area contributed by atoms with Crippen LogP contribution in [0.1, 0.15) is 0 Å². The van der Waals surface area contributed by atoms with E-state index in [4.69, 9.17) is 11.6 Å². The smallest absolute Gasteiger partial charge is 0.156 e. The van der Waals surface area contributed by atoms with Crippen molar-refractivity contribution >= 4 is 57.4 Å². The van der Waals surface area contributed by atoms with Crippen molar-refractivity contribution in [3.8, 4) is 0 Å². The molecule has 3 heterocycles. The molecular formula is C20H19Cl2N5. The van der Waals surface area contributed by atoms with E-state index in [0.29, 0.717) is 0 Å². The standard InChI is InChI=1S/C20H18ClN5.ClH/c21-14-4-3-5-15(12-14)25-8-10-26(11-9-25)20-19-18(22-13-23-20)16-6-1-2-7-17(16)24-19;/h1-7,12-13,24H,8-11H2;1H. The van der Waals surface area contributed by atoms with Crippen LogP contribution >= 0.6 is 24.0 Å². The van der Waals surface area contributed by atoms with Crippen LogP contribution in [0, 0.1) is 0 Å². The minimum absolute atomic E-state index is 0. The van der Waals surface area contributed by atoms with E-state index in [1.807, 2.05) is 30.3 Å². The summed E-state index contributed by atoms with van der Waals surface area (Å²) >= 11 is 6.13. The molecule has 0 radical (unpaired) electrons. The van der Waals surface area contributed by atoms with Crippen LogP contribution in [0.25, 0.3) is 21.9 Å². The maximum atomic E-state index is 6.13. The molecule has 0 amide bonds. The van der Waals surface area contributed by atoms with E-state index in [-0.39, 0.29) is 12.4 Å². The summed E-state index contributed by atoms with van der Waals surface area (Å²) < 4.78 is 0. The van der Waals surface area contributed by atoms with E-state index in [1.165, 1.54) is 5.69 Å². The van der Waals surface area contributed by atoms with E-state index in [1.54, 1.807) is 6.33 Å². The van der Waals surface area contributed by atoms with Gasteiger partial charge in [0.05, 0.1) is 0 Å². The number of rotatable bonds is 2. The van der Waals surface area contributed by atoms with Crippen molar-refractivity contribution in [3.05, 3.63) is 59.9 Å². The molecule has 0 aliphatic carbocycles. The van der Waals surface area contributed by atoms with Crippen molar-refractivity contribution in [2.75, 3.05) is 36.0 Å². The van der Waals surface area contributed by atoms with Crippen LogP contribution in [0.2, 0.25) is 5.02 Å². The Hall–Kier alpha value is -2.50. The third kappa shape index (κ3) is 3.17. The molecule has 2 aromatic carbocycles. The van der Waals surface area contributed by atoms with E-state index in [9.17, 15) is 0 Å². The van der Waals surface area contributed by atoms with Gasteiger partial charge in [-0.1, -0.05) is 35.9 Å². The van der Waals surface area contributed by atoms with Crippen molar-refractivity contribution in [2.45, 2.75) is 0 Å². The predicted molar refractivity (Wildman–Crippen MR) is 115 cm³/mol. The Kier molecular flexibility index (Phi) is 4.81. The van der Waals surface area contributed by atoms with Gasteiger partial charge >= 0.3 is 0 Å². The quantitative estimate of drug-likeness (QED) is 0.538. The maximum Gasteiger partial charge on any atom is 0.156 e. The molecule has 1 saturated heterocycles. The molecule has 0 saturated carbocycles. The summed E-state index contributed by atoms with van der Waals surface area (Å²) in [6, 6.07) is 16.3. The van der Waals surface area contributed by atoms with Gasteiger partial charge in [0.1, 0.15) is 17.4 Å². The third-order valence-corrected chi connectivity index (χ3v) is 5.26. The summed E-state index contributed by atoms with van der Waals surface area (Å²) in [5, 5.41) is 1.92. The van der Waals surface area contributed by atoms with Gasteiger partial charge < -0.3 is 14.8 Å². The average molecular weight is 400 g/mol. The van der Waals surface area contributed by atoms with E-state index in [0.717, 1.165) is 59.0 Å². The van der Waals surface area contributed by atoms with Crippen LogP contribution in [-0.2, 0) is 0 Å². The number of nitrogens with one attached hydrogen (secondary N) is 1. The van der Waals surface area contributed by atoms with Crippen LogP contribution in [0.4, 0.5) is 11.5 Å². The number of hydrogen-bond donors (Lipinski definition) is 1. The van der Waals surface area contributed by atoms with Crippen molar-refractivity contribution in [1.82, 2.24) is 15.0 Å². The summed E-state index contributed by atoms with van der Waals surface area (Å²) in [6.45, 7) is 3.69. The molecule has 1 N–H and O–H groups in total. The first kappa shape index (κ1) is 17.9. The molecule has 0 spiro atoms. The van der Waals surface area contributed by atoms with Gasteiger partial charge in [-0.2, -0.15) is 0 Å². The first-order valence-corrected chi connectivity index (χ1v) is 9.14. The van der Waals surface area contributed by atoms with Gasteiger partial charge in [0.2, 0.25) is 0 Å². The Morgan fingerprint density at radius 3 is 2.48 bits per heavy atom. The van der Waals surface area contributed by atoms with Gasteiger partial charge in [0, 0.05) is 47.8 Å². The second kappa shape index (κ2) is 7.25. The topological polar surface area (TPSA) is 48.1 Å². The zero-order chi connectivity index (χ0) is 17.5. The second-order valence-corrected chi connectivity index (χ2v) is 6.98. The number of piperazine rings is 1. The van der Waals surface area contributed by atoms with Gasteiger partial charge in [0.15, 0.2) is 5.82 Å². The SMILES string of the molecule is Cl.Clc1cccc(N2CCN(c3ncnc4c3[nH]c3ccccc34)CC2)c1. The van der Waals surface area contributed by atoms with Crippen LogP contribution < -0.4 is 9.80 Å². The highest BCUT2D eigenvalue weighted by Gasteiger charge is 2.21. The summed E-state index contributed by atoms with van der Waals surface area (Å²) in [5.74, 6) is 0.983. The number of H-pyrrole nitrogens is 1. The number of anilines is 2. The lowest BCUT2D eigenvalue weighted by molar-refractivity contribution is 0.648. The molecule has 138 valence electrons. The minimum atomic E-state index is 0. The molecule has 4 aromatic rings. The lowest BCUT2D eigenvalue weighted by Crippen LogP contribution is -2.47. The Labute approximate surface area is 168 Å². The number of benzene rings is 2. The summed E-state index contributed by atoms with van der Waals surface area (Å²) in [7, 11) is 0. The Morgan fingerprint density at radius 2 is 1.67 bits per heavy atom. The summed E-state index contributed by atoms with van der Waals surface area (Å²) in [4.78, 5) is 17.3. The number of fused-ring (bicyclic) bond motifs is 3. The summed E-state index contributed by atoms with van der Waals surface area (Å²) in [6.07, 6.45) is 1.67. The fraction of sp³-hybridized carbons (Fsp3) is 0.200. The van der Waals surface area contributed by atoms with Crippen LogP contribution in [0.15, 0.2) is 54.9 Å².